The molecule has 5 heteroatoms. The number of anilines is 2. The van der Waals surface area contributed by atoms with Gasteiger partial charge in [0.25, 0.3) is 5.91 Å². The summed E-state index contributed by atoms with van der Waals surface area (Å²) in [7, 11) is 1.58. The summed E-state index contributed by atoms with van der Waals surface area (Å²) in [5.41, 5.74) is 2.02. The molecule has 2 aromatic carbocycles. The van der Waals surface area contributed by atoms with Crippen LogP contribution in [0.3, 0.4) is 0 Å². The summed E-state index contributed by atoms with van der Waals surface area (Å²) in [6.45, 7) is 2.64. The maximum atomic E-state index is 12.5. The van der Waals surface area contributed by atoms with Crippen LogP contribution in [0.5, 0.6) is 0 Å². The second-order valence-electron chi connectivity index (χ2n) is 4.95. The SMILES string of the molecule is CCN(C(=O)CNc1ccccc1C(=O)NC)c1ccccc1. The molecule has 0 radical (unpaired) electrons. The van der Waals surface area contributed by atoms with Crippen molar-refractivity contribution in [1.29, 1.82) is 0 Å². The first-order valence-electron chi connectivity index (χ1n) is 7.57. The van der Waals surface area contributed by atoms with Gasteiger partial charge in [0.05, 0.1) is 12.1 Å². The average molecular weight is 311 g/mol. The average Bonchev–Trinajstić information content (AvgIpc) is 2.61. The van der Waals surface area contributed by atoms with E-state index in [1.54, 1.807) is 30.1 Å². The number of rotatable bonds is 6. The zero-order valence-corrected chi connectivity index (χ0v) is 13.4. The van der Waals surface area contributed by atoms with Crippen LogP contribution in [0.1, 0.15) is 17.3 Å². The molecule has 0 aliphatic rings. The highest BCUT2D eigenvalue weighted by molar-refractivity contribution is 6.01. The Kier molecular flexibility index (Phi) is 5.74. The van der Waals surface area contributed by atoms with Gasteiger partial charge in [-0.3, -0.25) is 9.59 Å². The van der Waals surface area contributed by atoms with Crippen LogP contribution in [0, 0.1) is 0 Å². The normalized spacial score (nSPS) is 10.0. The molecule has 2 amide bonds. The van der Waals surface area contributed by atoms with E-state index in [0.29, 0.717) is 17.8 Å². The zero-order chi connectivity index (χ0) is 16.7. The standard InChI is InChI=1S/C18H21N3O2/c1-3-21(14-9-5-4-6-10-14)17(22)13-20-16-12-8-7-11-15(16)18(23)19-2/h4-12,20H,3,13H2,1-2H3,(H,19,23). The molecule has 0 saturated carbocycles. The minimum Gasteiger partial charge on any atom is -0.375 e. The molecule has 0 aliphatic heterocycles. The van der Waals surface area contributed by atoms with E-state index in [4.69, 9.17) is 0 Å². The van der Waals surface area contributed by atoms with Crippen LogP contribution in [0.2, 0.25) is 0 Å². The summed E-state index contributed by atoms with van der Waals surface area (Å²) >= 11 is 0. The summed E-state index contributed by atoms with van der Waals surface area (Å²) in [6.07, 6.45) is 0. The molecule has 0 atom stereocenters. The summed E-state index contributed by atoms with van der Waals surface area (Å²) in [4.78, 5) is 26.0. The molecule has 0 unspecified atom stereocenters. The van der Waals surface area contributed by atoms with Crippen molar-refractivity contribution in [3.63, 3.8) is 0 Å². The molecule has 5 nitrogen and oxygen atoms in total. The van der Waals surface area contributed by atoms with E-state index in [1.807, 2.05) is 43.3 Å². The van der Waals surface area contributed by atoms with Crippen LogP contribution < -0.4 is 15.5 Å². The zero-order valence-electron chi connectivity index (χ0n) is 13.4. The van der Waals surface area contributed by atoms with Crippen LogP contribution in [0.4, 0.5) is 11.4 Å². The Morgan fingerprint density at radius 3 is 2.30 bits per heavy atom. The molecule has 0 heterocycles. The molecule has 2 aromatic rings. The summed E-state index contributed by atoms with van der Waals surface area (Å²) in [5.74, 6) is -0.235. The highest BCUT2D eigenvalue weighted by Crippen LogP contribution is 2.16. The van der Waals surface area contributed by atoms with Crippen molar-refractivity contribution < 1.29 is 9.59 Å². The first-order chi connectivity index (χ1) is 11.2. The highest BCUT2D eigenvalue weighted by Gasteiger charge is 2.15. The summed E-state index contributed by atoms with van der Waals surface area (Å²) in [6, 6.07) is 16.7. The van der Waals surface area contributed by atoms with Gasteiger partial charge in [-0.1, -0.05) is 30.3 Å². The van der Waals surface area contributed by atoms with Crippen molar-refractivity contribution in [2.24, 2.45) is 0 Å². The highest BCUT2D eigenvalue weighted by atomic mass is 16.2. The van der Waals surface area contributed by atoms with E-state index in [2.05, 4.69) is 10.6 Å². The van der Waals surface area contributed by atoms with Gasteiger partial charge in [-0.2, -0.15) is 0 Å². The number of hydrogen-bond acceptors (Lipinski definition) is 3. The number of hydrogen-bond donors (Lipinski definition) is 2. The Balaban J connectivity index is 2.08. The predicted octanol–water partition coefficient (Wildman–Crippen LogP) is 2.51. The lowest BCUT2D eigenvalue weighted by Crippen LogP contribution is -2.35. The number of carbonyl (C=O) groups is 2. The van der Waals surface area contributed by atoms with E-state index in [-0.39, 0.29) is 18.4 Å². The maximum absolute atomic E-state index is 12.5. The molecule has 0 fully saturated rings. The lowest BCUT2D eigenvalue weighted by atomic mass is 10.1. The molecular weight excluding hydrogens is 290 g/mol. The first kappa shape index (κ1) is 16.5. The molecule has 120 valence electrons. The molecule has 23 heavy (non-hydrogen) atoms. The molecule has 0 aromatic heterocycles. The van der Waals surface area contributed by atoms with E-state index < -0.39 is 0 Å². The fraction of sp³-hybridized carbons (Fsp3) is 0.222. The van der Waals surface area contributed by atoms with E-state index >= 15 is 0 Å². The fourth-order valence-electron chi connectivity index (χ4n) is 2.35. The van der Waals surface area contributed by atoms with Gasteiger partial charge >= 0.3 is 0 Å². The topological polar surface area (TPSA) is 61.4 Å². The van der Waals surface area contributed by atoms with Gasteiger partial charge in [-0.25, -0.2) is 0 Å². The fourth-order valence-corrected chi connectivity index (χ4v) is 2.35. The number of benzene rings is 2. The third kappa shape index (κ3) is 4.10. The van der Waals surface area contributed by atoms with Gasteiger partial charge in [-0.15, -0.1) is 0 Å². The van der Waals surface area contributed by atoms with E-state index in [0.717, 1.165) is 5.69 Å². The molecule has 0 saturated heterocycles. The van der Waals surface area contributed by atoms with E-state index in [1.165, 1.54) is 0 Å². The van der Waals surface area contributed by atoms with Crippen molar-refractivity contribution in [3.8, 4) is 0 Å². The minimum absolute atomic E-state index is 0.0505. The van der Waals surface area contributed by atoms with Gasteiger partial charge in [0, 0.05) is 25.0 Å². The van der Waals surface area contributed by atoms with Crippen LogP contribution in [-0.4, -0.2) is 32.0 Å². The van der Waals surface area contributed by atoms with Crippen molar-refractivity contribution in [2.75, 3.05) is 30.4 Å². The molecule has 2 N–H and O–H groups in total. The van der Waals surface area contributed by atoms with Gasteiger partial charge in [0.1, 0.15) is 0 Å². The molecule has 0 bridgehead atoms. The van der Waals surface area contributed by atoms with Crippen LogP contribution in [0.25, 0.3) is 0 Å². The largest absolute Gasteiger partial charge is 0.375 e. The second-order valence-corrected chi connectivity index (χ2v) is 4.95. The number of nitrogens with zero attached hydrogens (tertiary/aromatic N) is 1. The smallest absolute Gasteiger partial charge is 0.253 e. The second kappa shape index (κ2) is 7.98. The summed E-state index contributed by atoms with van der Waals surface area (Å²) < 4.78 is 0. The lowest BCUT2D eigenvalue weighted by Gasteiger charge is -2.21. The van der Waals surface area contributed by atoms with Crippen molar-refractivity contribution >= 4 is 23.2 Å². The summed E-state index contributed by atoms with van der Waals surface area (Å²) in [5, 5.41) is 5.66. The minimum atomic E-state index is -0.184. The van der Waals surface area contributed by atoms with E-state index in [9.17, 15) is 9.59 Å². The molecule has 0 aliphatic carbocycles. The van der Waals surface area contributed by atoms with Gasteiger partial charge in [0.15, 0.2) is 0 Å². The number of carbonyl (C=O) groups excluding carboxylic acids is 2. The number of nitrogens with one attached hydrogen (secondary N) is 2. The number of likely N-dealkylation sites (N-methyl/N-ethyl adjacent to an activating group) is 1. The first-order valence-corrected chi connectivity index (χ1v) is 7.57. The van der Waals surface area contributed by atoms with Crippen LogP contribution in [0.15, 0.2) is 54.6 Å². The monoisotopic (exact) mass is 311 g/mol. The molecule has 2 rings (SSSR count). The third-order valence-corrected chi connectivity index (χ3v) is 3.51. The Labute approximate surface area is 136 Å². The number of para-hydroxylation sites is 2. The Hall–Kier alpha value is -2.82. The lowest BCUT2D eigenvalue weighted by molar-refractivity contribution is -0.116. The van der Waals surface area contributed by atoms with Gasteiger partial charge in [-0.05, 0) is 31.2 Å². The van der Waals surface area contributed by atoms with Crippen LogP contribution >= 0.6 is 0 Å². The number of amides is 2. The van der Waals surface area contributed by atoms with Gasteiger partial charge in [0.2, 0.25) is 5.91 Å². The van der Waals surface area contributed by atoms with Crippen molar-refractivity contribution in [1.82, 2.24) is 5.32 Å². The van der Waals surface area contributed by atoms with Crippen LogP contribution in [-0.2, 0) is 4.79 Å². The Morgan fingerprint density at radius 1 is 1.00 bits per heavy atom. The van der Waals surface area contributed by atoms with Gasteiger partial charge < -0.3 is 15.5 Å². The van der Waals surface area contributed by atoms with Crippen molar-refractivity contribution in [2.45, 2.75) is 6.92 Å². The Morgan fingerprint density at radius 2 is 1.65 bits per heavy atom. The quantitative estimate of drug-likeness (QED) is 0.861. The molecule has 0 spiro atoms. The third-order valence-electron chi connectivity index (χ3n) is 3.51. The predicted molar refractivity (Wildman–Crippen MR) is 92.8 cm³/mol. The maximum Gasteiger partial charge on any atom is 0.253 e. The van der Waals surface area contributed by atoms with Crippen molar-refractivity contribution in [3.05, 3.63) is 60.2 Å². The Bertz CT molecular complexity index is 671. The molecular formula is C18H21N3O2.